The molecule has 3 aromatic heterocycles. The summed E-state index contributed by atoms with van der Waals surface area (Å²) in [5, 5.41) is 25.2. The van der Waals surface area contributed by atoms with E-state index in [1.165, 1.54) is 17.1 Å². The Kier molecular flexibility index (Phi) is 24.4. The largest absolute Gasteiger partial charge is 0.497 e. The number of rotatable bonds is 32. The molecule has 2 fully saturated rings. The van der Waals surface area contributed by atoms with Gasteiger partial charge in [-0.2, -0.15) is 10.5 Å². The van der Waals surface area contributed by atoms with Crippen molar-refractivity contribution in [2.24, 2.45) is 0 Å². The van der Waals surface area contributed by atoms with Gasteiger partial charge < -0.3 is 61.7 Å². The molecule has 0 saturated carbocycles. The molecule has 2 amide bonds. The van der Waals surface area contributed by atoms with Crippen LogP contribution in [0.1, 0.15) is 121 Å². The summed E-state index contributed by atoms with van der Waals surface area (Å²) in [7, 11) is -1.07. The Bertz CT molecular complexity index is 4530. The van der Waals surface area contributed by atoms with Crippen LogP contribution in [0.2, 0.25) is 0 Å². The molecule has 12 rings (SSSR count). The molecule has 8 unspecified atom stereocenters. The van der Waals surface area contributed by atoms with E-state index in [-0.39, 0.29) is 100 Å². The average molecular weight is 1450 g/mol. The first-order valence-corrected chi connectivity index (χ1v) is 36.4. The summed E-state index contributed by atoms with van der Waals surface area (Å²) in [5.41, 5.74) is 6.15. The van der Waals surface area contributed by atoms with Crippen molar-refractivity contribution in [1.82, 2.24) is 39.1 Å². The summed E-state index contributed by atoms with van der Waals surface area (Å²) in [5.74, 6) is 0.839. The smallest absolute Gasteiger partial charge is 0.407 e. The summed E-state index contributed by atoms with van der Waals surface area (Å²) < 4.78 is 76.8. The molecular formula is C76H81N11O15P2. The number of carbonyl (C=O) groups excluding carboxylic acids is 2. The number of aromatic nitrogens is 6. The summed E-state index contributed by atoms with van der Waals surface area (Å²) in [6.07, 6.45) is -1.27. The van der Waals surface area contributed by atoms with E-state index in [4.69, 9.17) is 56.0 Å². The topological polar surface area (TPSA) is 309 Å². The Morgan fingerprint density at radius 1 is 0.683 bits per heavy atom. The molecule has 6 aromatic carbocycles. The van der Waals surface area contributed by atoms with E-state index in [0.717, 1.165) is 44.5 Å². The number of H-pyrrole nitrogens is 1. The van der Waals surface area contributed by atoms with E-state index >= 15 is 0 Å². The number of alkyl carbamates (subject to hydrolysis) is 1. The predicted molar refractivity (Wildman–Crippen MR) is 387 cm³/mol. The van der Waals surface area contributed by atoms with Gasteiger partial charge in [-0.05, 0) is 116 Å². The molecule has 540 valence electrons. The highest BCUT2D eigenvalue weighted by atomic mass is 31.2. The molecule has 0 spiro atoms. The van der Waals surface area contributed by atoms with Crippen LogP contribution in [-0.2, 0) is 53.7 Å². The van der Waals surface area contributed by atoms with Gasteiger partial charge in [0.2, 0.25) is 0 Å². The standard InChI is InChI=1S/C76H81N11O15P2/c1-48(2)87(49(3)4)103(96-37-15-35-77)101-63-39-68(86-47-82-69-70(80-46-81-71(69)86)83-73(89)52-25-23-51(24-26-52)41-79-75(91)94-43-62-60-21-13-11-19-58(60)59-20-12-14-22-61(59)62)100-66(63)45-98-104(97-38-16-36-78)102-64-40-67(85-42-50(5)72(88)84-74(85)90)99-65(64)44-95-76(53-17-9-8-10-18-53,54-27-31-56(92-6)32-28-54)55-29-33-57(93-7)34-30-55/h8-14,17-34,42,46-49,62-68H,15-16,37-41,43-45H2,1-7H3,(H,79,91)(H,84,88,90)(H,80,81,83,89). The maximum Gasteiger partial charge on any atom is 0.407 e. The van der Waals surface area contributed by atoms with Crippen molar-refractivity contribution in [2.45, 2.75) is 127 Å². The quantitative estimate of drug-likeness (QED) is 0.0200. The maximum atomic E-state index is 14.0. The number of fused-ring (bicyclic) bond motifs is 4. The van der Waals surface area contributed by atoms with Crippen molar-refractivity contribution in [3.05, 3.63) is 236 Å². The Balaban J connectivity index is 0.787. The third kappa shape index (κ3) is 16.8. The lowest BCUT2D eigenvalue weighted by Gasteiger charge is -2.37. The summed E-state index contributed by atoms with van der Waals surface area (Å²) in [6.45, 7) is 9.70. The Hall–Kier alpha value is -9.63. The van der Waals surface area contributed by atoms with Crippen molar-refractivity contribution in [3.8, 4) is 34.8 Å². The van der Waals surface area contributed by atoms with Crippen LogP contribution in [0, 0.1) is 29.6 Å². The van der Waals surface area contributed by atoms with Crippen molar-refractivity contribution in [1.29, 1.82) is 10.5 Å². The Morgan fingerprint density at radius 3 is 1.88 bits per heavy atom. The summed E-state index contributed by atoms with van der Waals surface area (Å²) >= 11 is 0. The molecule has 2 aliphatic heterocycles. The van der Waals surface area contributed by atoms with Crippen LogP contribution in [0.5, 0.6) is 11.5 Å². The third-order valence-corrected chi connectivity index (χ3v) is 21.6. The number of hydrogen-bond acceptors (Lipinski definition) is 21. The fraction of sp³-hybridized carbons (Fsp3) is 0.355. The third-order valence-electron chi connectivity index (χ3n) is 18.2. The Morgan fingerprint density at radius 2 is 1.26 bits per heavy atom. The molecule has 1 aliphatic carbocycles. The number of imidazole rings is 1. The minimum absolute atomic E-state index is 0.0227. The molecular weight excluding hydrogens is 1370 g/mol. The number of aromatic amines is 1. The monoisotopic (exact) mass is 1450 g/mol. The summed E-state index contributed by atoms with van der Waals surface area (Å²) in [4.78, 5) is 69.6. The lowest BCUT2D eigenvalue weighted by molar-refractivity contribution is -0.0939. The van der Waals surface area contributed by atoms with Gasteiger partial charge in [-0.1, -0.05) is 115 Å². The van der Waals surface area contributed by atoms with Crippen molar-refractivity contribution in [3.63, 3.8) is 0 Å². The van der Waals surface area contributed by atoms with Gasteiger partial charge in [0.05, 0.1) is 84.2 Å². The van der Waals surface area contributed by atoms with E-state index in [0.29, 0.717) is 22.7 Å². The number of nitrogens with one attached hydrogen (secondary N) is 3. The van der Waals surface area contributed by atoms with Gasteiger partial charge in [-0.3, -0.25) is 23.7 Å². The van der Waals surface area contributed by atoms with Crippen LogP contribution < -0.4 is 31.4 Å². The normalized spacial score (nSPS) is 18.4. The first-order valence-electron chi connectivity index (χ1n) is 34.2. The number of ether oxygens (including phenoxy) is 6. The highest BCUT2D eigenvalue weighted by molar-refractivity contribution is 7.44. The van der Waals surface area contributed by atoms with E-state index in [2.05, 4.69) is 66.7 Å². The number of carbonyl (C=O) groups is 2. The fourth-order valence-electron chi connectivity index (χ4n) is 13.2. The molecule has 5 heterocycles. The molecule has 3 aliphatic rings. The summed E-state index contributed by atoms with van der Waals surface area (Å²) in [6, 6.07) is 52.1. The number of amides is 2. The second-order valence-corrected chi connectivity index (χ2v) is 28.1. The lowest BCUT2D eigenvalue weighted by atomic mass is 9.80. The number of hydrogen-bond donors (Lipinski definition) is 3. The Labute approximate surface area is 604 Å². The zero-order chi connectivity index (χ0) is 72.9. The number of benzene rings is 6. The molecule has 3 N–H and O–H groups in total. The van der Waals surface area contributed by atoms with Gasteiger partial charge in [-0.25, -0.2) is 29.2 Å². The fourth-order valence-corrected chi connectivity index (χ4v) is 16.1. The van der Waals surface area contributed by atoms with Gasteiger partial charge in [0, 0.05) is 54.7 Å². The molecule has 104 heavy (non-hydrogen) atoms. The maximum absolute atomic E-state index is 14.0. The molecule has 28 heteroatoms. The van der Waals surface area contributed by atoms with Gasteiger partial charge in [-0.15, -0.1) is 0 Å². The molecule has 0 bridgehead atoms. The molecule has 26 nitrogen and oxygen atoms in total. The SMILES string of the molecule is COc1ccc(C(OCC2OC(n3cc(C)c(=O)[nH]c3=O)CC2OP(OCCC#N)OCC2OC(n3cnc4c(NC(=O)c5ccc(CNC(=O)OCC6c7ccccc7-c7ccccc76)cc5)ncnc43)CC2OP(OCCC#N)N(C(C)C)C(C)C)(c2ccccc2)c2ccc(OC)cc2)cc1. The molecule has 8 atom stereocenters. The second kappa shape index (κ2) is 34.3. The van der Waals surface area contributed by atoms with Crippen LogP contribution in [0.3, 0.4) is 0 Å². The van der Waals surface area contributed by atoms with Crippen molar-refractivity contribution >= 4 is 46.1 Å². The van der Waals surface area contributed by atoms with Crippen LogP contribution in [0.15, 0.2) is 180 Å². The van der Waals surface area contributed by atoms with E-state index in [1.807, 2.05) is 131 Å². The first kappa shape index (κ1) is 74.1. The number of nitrogens with zero attached hydrogens (tertiary/aromatic N) is 8. The molecule has 2 saturated heterocycles. The first-order chi connectivity index (χ1) is 50.6. The van der Waals surface area contributed by atoms with Gasteiger partial charge in [0.25, 0.3) is 20.0 Å². The number of aryl methyl sites for hydroxylation is 1. The predicted octanol–water partition coefficient (Wildman–Crippen LogP) is 12.8. The lowest BCUT2D eigenvalue weighted by Crippen LogP contribution is -2.38. The molecule has 9 aromatic rings. The van der Waals surface area contributed by atoms with E-state index < -0.39 is 82.9 Å². The number of methoxy groups -OCH3 is 2. The second-order valence-electron chi connectivity index (χ2n) is 25.5. The van der Waals surface area contributed by atoms with Crippen LogP contribution in [0.4, 0.5) is 10.6 Å². The van der Waals surface area contributed by atoms with Gasteiger partial charge in [0.15, 0.2) is 17.0 Å². The highest BCUT2D eigenvalue weighted by Crippen LogP contribution is 2.53. The average Bonchev–Trinajstić information content (AvgIpc) is 0.939. The van der Waals surface area contributed by atoms with Crippen LogP contribution in [-0.4, -0.2) is 129 Å². The minimum atomic E-state index is -2.41. The number of anilines is 1. The molecule has 0 radical (unpaired) electrons. The van der Waals surface area contributed by atoms with E-state index in [9.17, 15) is 29.7 Å². The van der Waals surface area contributed by atoms with E-state index in [1.54, 1.807) is 56.3 Å². The zero-order valence-electron chi connectivity index (χ0n) is 58.5. The van der Waals surface area contributed by atoms with Crippen LogP contribution in [0.25, 0.3) is 22.3 Å². The van der Waals surface area contributed by atoms with Gasteiger partial charge >= 0.3 is 20.4 Å². The highest BCUT2D eigenvalue weighted by Gasteiger charge is 2.47. The van der Waals surface area contributed by atoms with Gasteiger partial charge in [0.1, 0.15) is 54.7 Å². The van der Waals surface area contributed by atoms with Crippen molar-refractivity contribution < 1.29 is 60.6 Å². The number of nitriles is 2. The van der Waals surface area contributed by atoms with Crippen LogP contribution >= 0.6 is 17.1 Å². The minimum Gasteiger partial charge on any atom is -0.497 e. The van der Waals surface area contributed by atoms with Crippen molar-refractivity contribution in [2.75, 3.05) is 52.6 Å². The zero-order valence-corrected chi connectivity index (χ0v) is 60.3.